The van der Waals surface area contributed by atoms with Crippen LogP contribution in [0, 0.1) is 0 Å². The summed E-state index contributed by atoms with van der Waals surface area (Å²) < 4.78 is 0. The summed E-state index contributed by atoms with van der Waals surface area (Å²) in [5.74, 6) is 0.0294. The minimum atomic E-state index is 0.0294. The monoisotopic (exact) mass is 230 g/mol. The van der Waals surface area contributed by atoms with Crippen molar-refractivity contribution in [1.82, 2.24) is 5.01 Å². The SMILES string of the molecule is CC(=O)C(=NN1CCCCC1)c1ccccc1. The van der Waals surface area contributed by atoms with Crippen LogP contribution in [0.3, 0.4) is 0 Å². The maximum atomic E-state index is 11.7. The Morgan fingerprint density at radius 2 is 1.76 bits per heavy atom. The van der Waals surface area contributed by atoms with Gasteiger partial charge in [-0.3, -0.25) is 9.80 Å². The number of carbonyl (C=O) groups is 1. The lowest BCUT2D eigenvalue weighted by atomic mass is 10.1. The number of ketones is 1. The number of rotatable bonds is 3. The van der Waals surface area contributed by atoms with E-state index in [9.17, 15) is 4.79 Å². The first-order valence-electron chi connectivity index (χ1n) is 6.17. The normalized spacial score (nSPS) is 17.0. The maximum absolute atomic E-state index is 11.7. The zero-order chi connectivity index (χ0) is 12.1. The van der Waals surface area contributed by atoms with Crippen LogP contribution in [0.1, 0.15) is 31.7 Å². The van der Waals surface area contributed by atoms with Gasteiger partial charge in [-0.15, -0.1) is 0 Å². The molecule has 90 valence electrons. The van der Waals surface area contributed by atoms with E-state index < -0.39 is 0 Å². The molecule has 1 aromatic carbocycles. The molecule has 1 aliphatic rings. The van der Waals surface area contributed by atoms with Gasteiger partial charge in [-0.2, -0.15) is 5.10 Å². The van der Waals surface area contributed by atoms with Crippen LogP contribution in [-0.2, 0) is 4.79 Å². The summed E-state index contributed by atoms with van der Waals surface area (Å²) in [6.45, 7) is 3.50. The molecule has 3 heteroatoms. The van der Waals surface area contributed by atoms with E-state index in [-0.39, 0.29) is 5.78 Å². The summed E-state index contributed by atoms with van der Waals surface area (Å²) in [5, 5.41) is 6.53. The highest BCUT2D eigenvalue weighted by Gasteiger charge is 2.13. The lowest BCUT2D eigenvalue weighted by Crippen LogP contribution is -2.28. The molecule has 0 spiro atoms. The van der Waals surface area contributed by atoms with E-state index in [1.165, 1.54) is 19.3 Å². The molecule has 0 atom stereocenters. The van der Waals surface area contributed by atoms with E-state index in [4.69, 9.17) is 0 Å². The molecule has 1 heterocycles. The van der Waals surface area contributed by atoms with Crippen molar-refractivity contribution < 1.29 is 4.79 Å². The van der Waals surface area contributed by atoms with Crippen molar-refractivity contribution in [3.63, 3.8) is 0 Å². The van der Waals surface area contributed by atoms with Crippen LogP contribution in [-0.4, -0.2) is 29.6 Å². The van der Waals surface area contributed by atoms with E-state index in [0.29, 0.717) is 5.71 Å². The Balaban J connectivity index is 2.22. The van der Waals surface area contributed by atoms with Crippen molar-refractivity contribution in [2.45, 2.75) is 26.2 Å². The number of carbonyl (C=O) groups excluding carboxylic acids is 1. The molecule has 17 heavy (non-hydrogen) atoms. The molecule has 0 radical (unpaired) electrons. The summed E-state index contributed by atoms with van der Waals surface area (Å²) in [6, 6.07) is 9.69. The molecule has 1 aliphatic heterocycles. The largest absolute Gasteiger partial charge is 0.296 e. The van der Waals surface area contributed by atoms with Gasteiger partial charge in [0.05, 0.1) is 0 Å². The van der Waals surface area contributed by atoms with Gasteiger partial charge in [0, 0.05) is 25.6 Å². The fourth-order valence-electron chi connectivity index (χ4n) is 2.05. The number of benzene rings is 1. The summed E-state index contributed by atoms with van der Waals surface area (Å²) >= 11 is 0. The van der Waals surface area contributed by atoms with Crippen LogP contribution in [0.15, 0.2) is 35.4 Å². The molecule has 2 rings (SSSR count). The molecule has 0 aromatic heterocycles. The topological polar surface area (TPSA) is 32.7 Å². The molecule has 0 N–H and O–H groups in total. The van der Waals surface area contributed by atoms with Gasteiger partial charge >= 0.3 is 0 Å². The van der Waals surface area contributed by atoms with E-state index in [0.717, 1.165) is 18.7 Å². The molecular formula is C14H18N2O. The number of hydrazone groups is 1. The van der Waals surface area contributed by atoms with Gasteiger partial charge in [0.1, 0.15) is 5.71 Å². The summed E-state index contributed by atoms with van der Waals surface area (Å²) in [4.78, 5) is 11.7. The van der Waals surface area contributed by atoms with E-state index in [2.05, 4.69) is 5.10 Å². The highest BCUT2D eigenvalue weighted by molar-refractivity contribution is 6.45. The molecule has 0 amide bonds. The van der Waals surface area contributed by atoms with Crippen molar-refractivity contribution in [2.75, 3.05) is 13.1 Å². The van der Waals surface area contributed by atoms with Crippen LogP contribution in [0.4, 0.5) is 0 Å². The average Bonchev–Trinajstić information content (AvgIpc) is 2.38. The van der Waals surface area contributed by atoms with Gasteiger partial charge in [0.2, 0.25) is 0 Å². The Kier molecular flexibility index (Phi) is 3.91. The predicted octanol–water partition coefficient (Wildman–Crippen LogP) is 2.47. The molecule has 0 unspecified atom stereocenters. The first-order chi connectivity index (χ1) is 8.27. The second-order valence-corrected chi connectivity index (χ2v) is 4.39. The zero-order valence-corrected chi connectivity index (χ0v) is 10.2. The van der Waals surface area contributed by atoms with Gasteiger partial charge in [0.25, 0.3) is 0 Å². The van der Waals surface area contributed by atoms with Crippen molar-refractivity contribution in [2.24, 2.45) is 5.10 Å². The number of piperidine rings is 1. The van der Waals surface area contributed by atoms with Crippen molar-refractivity contribution >= 4 is 11.5 Å². The van der Waals surface area contributed by atoms with Gasteiger partial charge < -0.3 is 0 Å². The average molecular weight is 230 g/mol. The lowest BCUT2D eigenvalue weighted by molar-refractivity contribution is -0.111. The first-order valence-corrected chi connectivity index (χ1v) is 6.17. The van der Waals surface area contributed by atoms with Gasteiger partial charge in [0.15, 0.2) is 5.78 Å². The second-order valence-electron chi connectivity index (χ2n) is 4.39. The maximum Gasteiger partial charge on any atom is 0.180 e. The van der Waals surface area contributed by atoms with Crippen LogP contribution in [0.2, 0.25) is 0 Å². The van der Waals surface area contributed by atoms with Gasteiger partial charge in [-0.25, -0.2) is 0 Å². The minimum absolute atomic E-state index is 0.0294. The number of nitrogens with zero attached hydrogens (tertiary/aromatic N) is 2. The third kappa shape index (κ3) is 3.16. The lowest BCUT2D eigenvalue weighted by Gasteiger charge is -2.24. The minimum Gasteiger partial charge on any atom is -0.296 e. The smallest absolute Gasteiger partial charge is 0.180 e. The molecule has 1 saturated heterocycles. The van der Waals surface area contributed by atoms with Gasteiger partial charge in [-0.05, 0) is 19.3 Å². The standard InChI is InChI=1S/C14H18N2O/c1-12(17)14(13-8-4-2-5-9-13)15-16-10-6-3-7-11-16/h2,4-5,8-9H,3,6-7,10-11H2,1H3. The van der Waals surface area contributed by atoms with Crippen LogP contribution in [0.25, 0.3) is 0 Å². The molecule has 0 aliphatic carbocycles. The van der Waals surface area contributed by atoms with Crippen molar-refractivity contribution in [3.8, 4) is 0 Å². The summed E-state index contributed by atoms with van der Waals surface area (Å²) in [6.07, 6.45) is 3.61. The molecular weight excluding hydrogens is 212 g/mol. The number of Topliss-reactive ketones (excluding diaryl/α,β-unsaturated/α-hetero) is 1. The fraction of sp³-hybridized carbons (Fsp3) is 0.429. The Morgan fingerprint density at radius 1 is 1.12 bits per heavy atom. The molecule has 3 nitrogen and oxygen atoms in total. The third-order valence-electron chi connectivity index (χ3n) is 2.95. The highest BCUT2D eigenvalue weighted by Crippen LogP contribution is 2.11. The molecule has 0 bridgehead atoms. The third-order valence-corrected chi connectivity index (χ3v) is 2.95. The zero-order valence-electron chi connectivity index (χ0n) is 10.2. The van der Waals surface area contributed by atoms with Crippen LogP contribution >= 0.6 is 0 Å². The van der Waals surface area contributed by atoms with Crippen molar-refractivity contribution in [3.05, 3.63) is 35.9 Å². The second kappa shape index (κ2) is 5.62. The summed E-state index contributed by atoms with van der Waals surface area (Å²) in [5.41, 5.74) is 1.48. The quantitative estimate of drug-likeness (QED) is 0.747. The number of hydrogen-bond acceptors (Lipinski definition) is 3. The Morgan fingerprint density at radius 3 is 2.35 bits per heavy atom. The first kappa shape index (κ1) is 11.8. The Hall–Kier alpha value is -1.64. The summed E-state index contributed by atoms with van der Waals surface area (Å²) in [7, 11) is 0. The van der Waals surface area contributed by atoms with Crippen molar-refractivity contribution in [1.29, 1.82) is 0 Å². The molecule has 1 aromatic rings. The highest BCUT2D eigenvalue weighted by atomic mass is 16.1. The van der Waals surface area contributed by atoms with E-state index >= 15 is 0 Å². The predicted molar refractivity (Wildman–Crippen MR) is 69.1 cm³/mol. The Bertz CT molecular complexity index is 405. The van der Waals surface area contributed by atoms with E-state index in [1.807, 2.05) is 35.3 Å². The van der Waals surface area contributed by atoms with Gasteiger partial charge in [-0.1, -0.05) is 30.3 Å². The van der Waals surface area contributed by atoms with E-state index in [1.54, 1.807) is 6.92 Å². The van der Waals surface area contributed by atoms with Crippen LogP contribution in [0.5, 0.6) is 0 Å². The molecule has 0 saturated carbocycles. The fourth-order valence-corrected chi connectivity index (χ4v) is 2.05. The number of hydrogen-bond donors (Lipinski definition) is 0. The Labute approximate surface area is 102 Å². The molecule has 1 fully saturated rings. The van der Waals surface area contributed by atoms with Crippen LogP contribution < -0.4 is 0 Å².